The molecule has 144 valence electrons. The molecular formula is C15H33NO6PS+. The molecule has 0 aliphatic carbocycles. The number of carbonyl (C=O) groups is 1. The van der Waals surface area contributed by atoms with Crippen LogP contribution in [0.4, 0.5) is 0 Å². The molecule has 0 aliphatic rings. The van der Waals surface area contributed by atoms with Crippen LogP contribution in [-0.2, 0) is 23.1 Å². The van der Waals surface area contributed by atoms with Crippen molar-refractivity contribution in [1.29, 1.82) is 0 Å². The van der Waals surface area contributed by atoms with Gasteiger partial charge in [0, 0.05) is 5.75 Å². The first kappa shape index (κ1) is 23.9. The highest BCUT2D eigenvalue weighted by molar-refractivity contribution is 7.99. The monoisotopic (exact) mass is 386 g/mol. The zero-order valence-electron chi connectivity index (χ0n) is 15.5. The summed E-state index contributed by atoms with van der Waals surface area (Å²) in [6, 6.07) is 0. The van der Waals surface area contributed by atoms with Crippen LogP contribution in [0.3, 0.4) is 0 Å². The smallest absolute Gasteiger partial charge is 0.463 e. The van der Waals surface area contributed by atoms with Gasteiger partial charge in [-0.05, 0) is 12.2 Å². The van der Waals surface area contributed by atoms with Crippen LogP contribution < -0.4 is 0 Å². The number of quaternary nitrogens is 1. The predicted molar refractivity (Wildman–Crippen MR) is 97.0 cm³/mol. The van der Waals surface area contributed by atoms with Gasteiger partial charge in [0.1, 0.15) is 19.8 Å². The molecule has 2 unspecified atom stereocenters. The molecule has 0 aromatic carbocycles. The van der Waals surface area contributed by atoms with Crippen LogP contribution in [0, 0.1) is 5.92 Å². The minimum Gasteiger partial charge on any atom is -0.463 e. The number of carbonyl (C=O) groups excluding carboxylic acids is 1. The number of rotatable bonds is 14. The van der Waals surface area contributed by atoms with Crippen molar-refractivity contribution in [2.45, 2.75) is 26.7 Å². The highest BCUT2D eigenvalue weighted by Crippen LogP contribution is 2.42. The third-order valence-corrected chi connectivity index (χ3v) is 5.34. The fourth-order valence-corrected chi connectivity index (χ4v) is 3.32. The van der Waals surface area contributed by atoms with Gasteiger partial charge >= 0.3 is 13.8 Å². The molecule has 2 atom stereocenters. The van der Waals surface area contributed by atoms with E-state index < -0.39 is 7.82 Å². The Morgan fingerprint density at radius 1 is 1.21 bits per heavy atom. The molecular weight excluding hydrogens is 353 g/mol. The summed E-state index contributed by atoms with van der Waals surface area (Å²) in [4.78, 5) is 21.3. The van der Waals surface area contributed by atoms with Crippen molar-refractivity contribution in [3.05, 3.63) is 0 Å². The van der Waals surface area contributed by atoms with E-state index >= 15 is 0 Å². The zero-order valence-corrected chi connectivity index (χ0v) is 17.2. The minimum atomic E-state index is -4.09. The third kappa shape index (κ3) is 14.3. The molecule has 0 fully saturated rings. The molecule has 0 aliphatic heterocycles. The molecule has 24 heavy (non-hydrogen) atoms. The van der Waals surface area contributed by atoms with Crippen LogP contribution in [-0.4, -0.2) is 74.4 Å². The van der Waals surface area contributed by atoms with E-state index in [1.54, 1.807) is 11.8 Å². The number of ether oxygens (including phenoxy) is 1. The first-order valence-electron chi connectivity index (χ1n) is 8.24. The van der Waals surface area contributed by atoms with Crippen LogP contribution >= 0.6 is 19.6 Å². The van der Waals surface area contributed by atoms with E-state index in [0.717, 1.165) is 18.6 Å². The van der Waals surface area contributed by atoms with E-state index in [-0.39, 0.29) is 31.7 Å². The van der Waals surface area contributed by atoms with Gasteiger partial charge in [0.15, 0.2) is 0 Å². The molecule has 0 amide bonds. The second kappa shape index (κ2) is 12.3. The van der Waals surface area contributed by atoms with Crippen LogP contribution in [0.15, 0.2) is 0 Å². The number of unbranched alkanes of at least 4 members (excludes halogenated alkanes) is 1. The second-order valence-corrected chi connectivity index (χ2v) is 9.25. The van der Waals surface area contributed by atoms with Gasteiger partial charge in [-0.1, -0.05) is 20.3 Å². The summed E-state index contributed by atoms with van der Waals surface area (Å²) in [7, 11) is 1.76. The molecule has 0 spiro atoms. The van der Waals surface area contributed by atoms with Gasteiger partial charge in [-0.15, -0.1) is 0 Å². The Morgan fingerprint density at radius 3 is 2.42 bits per heavy atom. The van der Waals surface area contributed by atoms with E-state index in [4.69, 9.17) is 13.8 Å². The maximum Gasteiger partial charge on any atom is 0.472 e. The summed E-state index contributed by atoms with van der Waals surface area (Å²) in [5.74, 6) is 1.23. The molecule has 0 bridgehead atoms. The molecule has 0 saturated carbocycles. The number of likely N-dealkylation sites (N-methyl/N-ethyl adjacent to an activating group) is 1. The van der Waals surface area contributed by atoms with Crippen molar-refractivity contribution in [1.82, 2.24) is 0 Å². The summed E-state index contributed by atoms with van der Waals surface area (Å²) in [6.07, 6.45) is 2.28. The fraction of sp³-hybridized carbons (Fsp3) is 0.933. The Balaban J connectivity index is 3.82. The molecule has 0 radical (unpaired) electrons. The molecule has 0 aromatic rings. The van der Waals surface area contributed by atoms with E-state index in [1.165, 1.54) is 0 Å². The molecule has 0 heterocycles. The Morgan fingerprint density at radius 2 is 1.83 bits per heavy atom. The number of thioether (sulfide) groups is 1. The van der Waals surface area contributed by atoms with E-state index in [0.29, 0.717) is 16.8 Å². The Labute approximate surface area is 150 Å². The van der Waals surface area contributed by atoms with E-state index in [2.05, 4.69) is 6.92 Å². The van der Waals surface area contributed by atoms with E-state index in [1.807, 2.05) is 28.1 Å². The van der Waals surface area contributed by atoms with Gasteiger partial charge in [-0.25, -0.2) is 4.57 Å². The summed E-state index contributed by atoms with van der Waals surface area (Å²) < 4.78 is 27.0. The number of phosphoric acid groups is 1. The van der Waals surface area contributed by atoms with Gasteiger partial charge in [-0.3, -0.25) is 13.8 Å². The van der Waals surface area contributed by atoms with Gasteiger partial charge in [-0.2, -0.15) is 11.8 Å². The summed E-state index contributed by atoms with van der Waals surface area (Å²) >= 11 is 1.73. The van der Waals surface area contributed by atoms with Crippen molar-refractivity contribution < 1.29 is 32.5 Å². The normalized spacial score (nSPS) is 15.8. The minimum absolute atomic E-state index is 0.0634. The number of phosphoric ester groups is 1. The van der Waals surface area contributed by atoms with Crippen LogP contribution in [0.25, 0.3) is 0 Å². The first-order chi connectivity index (χ1) is 11.1. The van der Waals surface area contributed by atoms with Crippen molar-refractivity contribution in [3.8, 4) is 0 Å². The van der Waals surface area contributed by atoms with Crippen LogP contribution in [0.2, 0.25) is 0 Å². The van der Waals surface area contributed by atoms with Gasteiger partial charge in [0.05, 0.1) is 33.7 Å². The van der Waals surface area contributed by atoms with Crippen LogP contribution in [0.5, 0.6) is 0 Å². The quantitative estimate of drug-likeness (QED) is 0.213. The number of hydrogen-bond acceptors (Lipinski definition) is 6. The maximum atomic E-state index is 11.8. The van der Waals surface area contributed by atoms with Crippen molar-refractivity contribution in [2.75, 3.05) is 59.0 Å². The highest BCUT2D eigenvalue weighted by atomic mass is 32.2. The average molecular weight is 386 g/mol. The standard InChI is InChI=1S/C15H32NO6PS/c1-6-7-12-24-13-14(2)15(17)20-10-11-22-23(18,19)21-9-8-16(3,4)5/h14H,6-13H2,1-5H3/p+1. The predicted octanol–water partition coefficient (Wildman–Crippen LogP) is 2.54. The largest absolute Gasteiger partial charge is 0.472 e. The highest BCUT2D eigenvalue weighted by Gasteiger charge is 2.23. The molecule has 0 saturated heterocycles. The number of nitrogens with zero attached hydrogens (tertiary/aromatic N) is 1. The third-order valence-electron chi connectivity index (χ3n) is 3.01. The molecule has 1 N–H and O–H groups in total. The number of hydrogen-bond donors (Lipinski definition) is 1. The molecule has 9 heteroatoms. The van der Waals surface area contributed by atoms with Crippen molar-refractivity contribution in [3.63, 3.8) is 0 Å². The Bertz CT molecular complexity index is 402. The zero-order chi connectivity index (χ0) is 18.6. The average Bonchev–Trinajstić information content (AvgIpc) is 2.46. The van der Waals surface area contributed by atoms with Gasteiger partial charge in [0.2, 0.25) is 0 Å². The van der Waals surface area contributed by atoms with Gasteiger partial charge in [0.25, 0.3) is 0 Å². The summed E-state index contributed by atoms with van der Waals surface area (Å²) in [5, 5.41) is 0. The lowest BCUT2D eigenvalue weighted by molar-refractivity contribution is -0.870. The van der Waals surface area contributed by atoms with Gasteiger partial charge < -0.3 is 14.1 Å². The lowest BCUT2D eigenvalue weighted by Crippen LogP contribution is -2.37. The van der Waals surface area contributed by atoms with Crippen LogP contribution in [0.1, 0.15) is 26.7 Å². The summed E-state index contributed by atoms with van der Waals surface area (Å²) in [5.41, 5.74) is 0. The Kier molecular flexibility index (Phi) is 12.2. The molecule has 0 rings (SSSR count). The first-order valence-corrected chi connectivity index (χ1v) is 10.9. The maximum absolute atomic E-state index is 11.8. The lowest BCUT2D eigenvalue weighted by Gasteiger charge is -2.24. The lowest BCUT2D eigenvalue weighted by atomic mass is 10.2. The second-order valence-electron chi connectivity index (χ2n) is 6.65. The molecule has 0 aromatic heterocycles. The molecule has 7 nitrogen and oxygen atoms in total. The fourth-order valence-electron chi connectivity index (χ4n) is 1.48. The Hall–Kier alpha value is -0.110. The summed E-state index contributed by atoms with van der Waals surface area (Å²) in [6.45, 7) is 4.40. The number of esters is 1. The van der Waals surface area contributed by atoms with Crippen molar-refractivity contribution in [2.24, 2.45) is 5.92 Å². The van der Waals surface area contributed by atoms with E-state index in [9.17, 15) is 14.3 Å². The van der Waals surface area contributed by atoms with Crippen molar-refractivity contribution >= 4 is 25.6 Å². The topological polar surface area (TPSA) is 82.1 Å². The SMILES string of the molecule is CCCCSCC(C)C(=O)OCCOP(=O)(O)OCC[N+](C)(C)C.